The number of amides is 1. The first-order valence-electron chi connectivity index (χ1n) is 9.71. The van der Waals surface area contributed by atoms with Gasteiger partial charge in [0.25, 0.3) is 5.91 Å². The quantitative estimate of drug-likeness (QED) is 0.877. The maximum Gasteiger partial charge on any atom is 0.251 e. The van der Waals surface area contributed by atoms with Gasteiger partial charge in [-0.15, -0.1) is 0 Å². The van der Waals surface area contributed by atoms with Crippen molar-refractivity contribution < 1.29 is 18.7 Å². The van der Waals surface area contributed by atoms with Crippen LogP contribution in [0.1, 0.15) is 34.3 Å². The summed E-state index contributed by atoms with van der Waals surface area (Å²) >= 11 is 0. The summed E-state index contributed by atoms with van der Waals surface area (Å²) in [5, 5.41) is 3.16. The molecule has 1 unspecified atom stereocenters. The van der Waals surface area contributed by atoms with Gasteiger partial charge in [0.1, 0.15) is 5.82 Å². The number of carbonyl (C=O) groups is 1. The number of ether oxygens (including phenoxy) is 2. The third-order valence-electron chi connectivity index (χ3n) is 5.49. The number of hydrogen-bond acceptors (Lipinski definition) is 4. The highest BCUT2D eigenvalue weighted by atomic mass is 19.1. The van der Waals surface area contributed by atoms with E-state index in [4.69, 9.17) is 9.47 Å². The van der Waals surface area contributed by atoms with Crippen molar-refractivity contribution in [2.75, 3.05) is 31.7 Å². The first-order chi connectivity index (χ1) is 13.5. The second-order valence-corrected chi connectivity index (χ2v) is 7.45. The number of rotatable bonds is 4. The van der Waals surface area contributed by atoms with E-state index >= 15 is 0 Å². The summed E-state index contributed by atoms with van der Waals surface area (Å²) in [5.41, 5.74) is 3.54. The largest absolute Gasteiger partial charge is 0.493 e. The topological polar surface area (TPSA) is 50.8 Å². The van der Waals surface area contributed by atoms with Crippen LogP contribution in [-0.2, 0) is 6.42 Å². The zero-order valence-electron chi connectivity index (χ0n) is 16.3. The highest BCUT2D eigenvalue weighted by Gasteiger charge is 2.25. The van der Waals surface area contributed by atoms with Crippen molar-refractivity contribution >= 4 is 11.6 Å². The molecule has 5 nitrogen and oxygen atoms in total. The second kappa shape index (κ2) is 7.70. The van der Waals surface area contributed by atoms with Crippen LogP contribution in [0.3, 0.4) is 0 Å². The minimum absolute atomic E-state index is 0.0428. The molecular weight excluding hydrogens is 359 g/mol. The van der Waals surface area contributed by atoms with Crippen LogP contribution in [0.2, 0.25) is 0 Å². The number of benzene rings is 2. The molecule has 0 bridgehead atoms. The number of aryl methyl sites for hydroxylation is 1. The Kier molecular flexibility index (Phi) is 5.11. The molecule has 2 aromatic carbocycles. The van der Waals surface area contributed by atoms with Crippen LogP contribution < -0.4 is 19.7 Å². The lowest BCUT2D eigenvalue weighted by molar-refractivity contribution is 0.0932. The van der Waals surface area contributed by atoms with Gasteiger partial charge in [-0.1, -0.05) is 0 Å². The maximum absolute atomic E-state index is 13.4. The highest BCUT2D eigenvalue weighted by Crippen LogP contribution is 2.36. The molecule has 0 aromatic heterocycles. The first kappa shape index (κ1) is 18.6. The molecule has 0 radical (unpaired) electrons. The summed E-state index contributed by atoms with van der Waals surface area (Å²) in [5.74, 6) is 1.02. The molecule has 6 heteroatoms. The molecule has 28 heavy (non-hydrogen) atoms. The Labute approximate surface area is 164 Å². The molecule has 0 saturated carbocycles. The van der Waals surface area contributed by atoms with E-state index in [1.165, 1.54) is 6.07 Å². The van der Waals surface area contributed by atoms with Gasteiger partial charge in [-0.3, -0.25) is 4.79 Å². The van der Waals surface area contributed by atoms with Crippen LogP contribution in [0.15, 0.2) is 30.3 Å². The lowest BCUT2D eigenvalue weighted by Gasteiger charge is -2.35. The number of hydrogen-bond donors (Lipinski definition) is 1. The van der Waals surface area contributed by atoms with Gasteiger partial charge in [-0.05, 0) is 55.7 Å². The SMILES string of the molecule is COc1cc(C(=O)NC2CCCN(c3ccc(F)cc3C)C2)cc2c1OCC2. The van der Waals surface area contributed by atoms with Gasteiger partial charge in [0.2, 0.25) is 0 Å². The minimum atomic E-state index is -0.224. The molecule has 1 fully saturated rings. The number of fused-ring (bicyclic) bond motifs is 1. The van der Waals surface area contributed by atoms with Gasteiger partial charge in [0.05, 0.1) is 13.7 Å². The van der Waals surface area contributed by atoms with E-state index in [0.29, 0.717) is 24.5 Å². The van der Waals surface area contributed by atoms with Gasteiger partial charge >= 0.3 is 0 Å². The van der Waals surface area contributed by atoms with Crippen LogP contribution in [0.4, 0.5) is 10.1 Å². The fourth-order valence-corrected chi connectivity index (χ4v) is 4.11. The standard InChI is InChI=1S/C22H25FN2O3/c1-14-10-17(23)5-6-19(14)25-8-3-4-18(13-25)24-22(26)16-11-15-7-9-28-21(15)20(12-16)27-2/h5-6,10-12,18H,3-4,7-9,13H2,1-2H3,(H,24,26). The fraction of sp³-hybridized carbons (Fsp3) is 0.409. The summed E-state index contributed by atoms with van der Waals surface area (Å²) in [6.07, 6.45) is 2.69. The number of methoxy groups -OCH3 is 1. The second-order valence-electron chi connectivity index (χ2n) is 7.45. The predicted molar refractivity (Wildman–Crippen MR) is 106 cm³/mol. The average molecular weight is 384 g/mol. The minimum Gasteiger partial charge on any atom is -0.493 e. The summed E-state index contributed by atoms with van der Waals surface area (Å²) in [4.78, 5) is 15.1. The van der Waals surface area contributed by atoms with Gasteiger partial charge in [0, 0.05) is 42.4 Å². The number of nitrogens with zero attached hydrogens (tertiary/aromatic N) is 1. The lowest BCUT2D eigenvalue weighted by Crippen LogP contribution is -2.48. The van der Waals surface area contributed by atoms with Crippen molar-refractivity contribution in [3.8, 4) is 11.5 Å². The molecule has 2 aromatic rings. The van der Waals surface area contributed by atoms with Crippen molar-refractivity contribution in [2.45, 2.75) is 32.2 Å². The highest BCUT2D eigenvalue weighted by molar-refractivity contribution is 5.95. The Balaban J connectivity index is 1.47. The van der Waals surface area contributed by atoms with Crippen LogP contribution >= 0.6 is 0 Å². The third kappa shape index (κ3) is 3.63. The Bertz CT molecular complexity index is 900. The Morgan fingerprint density at radius 3 is 2.96 bits per heavy atom. The van der Waals surface area contributed by atoms with Crippen LogP contribution in [0.25, 0.3) is 0 Å². The normalized spacial score (nSPS) is 18.4. The van der Waals surface area contributed by atoms with E-state index in [-0.39, 0.29) is 17.8 Å². The third-order valence-corrected chi connectivity index (χ3v) is 5.49. The molecular formula is C22H25FN2O3. The number of piperidine rings is 1. The van der Waals surface area contributed by atoms with Gasteiger partial charge in [0.15, 0.2) is 11.5 Å². The monoisotopic (exact) mass is 384 g/mol. The average Bonchev–Trinajstić information content (AvgIpc) is 3.16. The summed E-state index contributed by atoms with van der Waals surface area (Å²) < 4.78 is 24.4. The fourth-order valence-electron chi connectivity index (χ4n) is 4.11. The van der Waals surface area contributed by atoms with Crippen molar-refractivity contribution in [3.63, 3.8) is 0 Å². The summed E-state index contributed by atoms with van der Waals surface area (Å²) in [6, 6.07) is 8.54. The zero-order chi connectivity index (χ0) is 19.7. The number of anilines is 1. The number of halogens is 1. The van der Waals surface area contributed by atoms with Crippen LogP contribution in [-0.4, -0.2) is 38.8 Å². The zero-order valence-corrected chi connectivity index (χ0v) is 16.3. The Morgan fingerprint density at radius 1 is 1.32 bits per heavy atom. The van der Waals surface area contributed by atoms with E-state index in [1.807, 2.05) is 19.1 Å². The predicted octanol–water partition coefficient (Wildman–Crippen LogP) is 3.48. The van der Waals surface area contributed by atoms with Crippen LogP contribution in [0.5, 0.6) is 11.5 Å². The molecule has 0 spiro atoms. The van der Waals surface area contributed by atoms with E-state index in [0.717, 1.165) is 48.4 Å². The van der Waals surface area contributed by atoms with Gasteiger partial charge in [-0.25, -0.2) is 4.39 Å². The van der Waals surface area contributed by atoms with Crippen LogP contribution in [0, 0.1) is 12.7 Å². The smallest absolute Gasteiger partial charge is 0.251 e. The van der Waals surface area contributed by atoms with Gasteiger partial charge in [-0.2, -0.15) is 0 Å². The molecule has 1 saturated heterocycles. The Hall–Kier alpha value is -2.76. The lowest BCUT2D eigenvalue weighted by atomic mass is 10.0. The summed E-state index contributed by atoms with van der Waals surface area (Å²) in [7, 11) is 1.59. The first-order valence-corrected chi connectivity index (χ1v) is 9.71. The molecule has 2 aliphatic rings. The van der Waals surface area contributed by atoms with E-state index in [9.17, 15) is 9.18 Å². The van der Waals surface area contributed by atoms with Crippen molar-refractivity contribution in [3.05, 3.63) is 52.8 Å². The van der Waals surface area contributed by atoms with E-state index in [2.05, 4.69) is 10.2 Å². The van der Waals surface area contributed by atoms with Crippen molar-refractivity contribution in [1.29, 1.82) is 0 Å². The molecule has 1 amide bonds. The van der Waals surface area contributed by atoms with Crippen molar-refractivity contribution in [1.82, 2.24) is 5.32 Å². The number of nitrogens with one attached hydrogen (secondary N) is 1. The molecule has 1 atom stereocenters. The molecule has 148 valence electrons. The Morgan fingerprint density at radius 2 is 2.18 bits per heavy atom. The van der Waals surface area contributed by atoms with E-state index in [1.54, 1.807) is 19.2 Å². The van der Waals surface area contributed by atoms with Crippen molar-refractivity contribution in [2.24, 2.45) is 0 Å². The number of carbonyl (C=O) groups excluding carboxylic acids is 1. The molecule has 2 heterocycles. The van der Waals surface area contributed by atoms with Gasteiger partial charge < -0.3 is 19.7 Å². The molecule has 0 aliphatic carbocycles. The molecule has 1 N–H and O–H groups in total. The maximum atomic E-state index is 13.4. The summed E-state index contributed by atoms with van der Waals surface area (Å²) in [6.45, 7) is 4.15. The molecule has 2 aliphatic heterocycles. The molecule has 4 rings (SSSR count). The van der Waals surface area contributed by atoms with E-state index < -0.39 is 0 Å².